The largest absolute Gasteiger partial charge is 0.366 e. The van der Waals surface area contributed by atoms with Crippen molar-refractivity contribution >= 4 is 28.6 Å². The molecule has 0 saturated carbocycles. The summed E-state index contributed by atoms with van der Waals surface area (Å²) in [6.07, 6.45) is 3.88. The molecule has 1 aromatic carbocycles. The van der Waals surface area contributed by atoms with Gasteiger partial charge in [-0.1, -0.05) is 36.7 Å². The van der Waals surface area contributed by atoms with Crippen LogP contribution in [0.2, 0.25) is 5.02 Å². The topological polar surface area (TPSA) is 54.3 Å². The molecule has 6 nitrogen and oxygen atoms in total. The molecule has 4 rings (SSSR count). The van der Waals surface area contributed by atoms with E-state index >= 15 is 0 Å². The second-order valence-electron chi connectivity index (χ2n) is 7.14. The van der Waals surface area contributed by atoms with Crippen LogP contribution < -0.4 is 10.5 Å². The summed E-state index contributed by atoms with van der Waals surface area (Å²) in [5, 5.41) is 7.96. The maximum Gasteiger partial charge on any atom is 0.292 e. The van der Waals surface area contributed by atoms with Crippen molar-refractivity contribution in [3.63, 3.8) is 0 Å². The van der Waals surface area contributed by atoms with E-state index in [9.17, 15) is 4.79 Å². The van der Waals surface area contributed by atoms with E-state index in [0.29, 0.717) is 11.4 Å². The molecule has 0 radical (unpaired) electrons. The summed E-state index contributed by atoms with van der Waals surface area (Å²) in [4.78, 5) is 22.0. The molecule has 2 aromatic heterocycles. The highest BCUT2D eigenvalue weighted by Crippen LogP contribution is 2.23. The third-order valence-corrected chi connectivity index (χ3v) is 6.38. The first kappa shape index (κ1) is 20.1. The number of hydrogen-bond donors (Lipinski definition) is 0. The second kappa shape index (κ2) is 9.07. The molecule has 0 aliphatic carbocycles. The predicted octanol–water partition coefficient (Wildman–Crippen LogP) is 3.62. The number of aromatic nitrogens is 3. The summed E-state index contributed by atoms with van der Waals surface area (Å²) < 4.78 is 1.35. The molecule has 0 amide bonds. The van der Waals surface area contributed by atoms with Gasteiger partial charge in [0.2, 0.25) is 0 Å². The molecule has 0 N–H and O–H groups in total. The maximum absolute atomic E-state index is 12.7. The van der Waals surface area contributed by atoms with E-state index < -0.39 is 0 Å². The van der Waals surface area contributed by atoms with E-state index in [4.69, 9.17) is 16.6 Å². The van der Waals surface area contributed by atoms with Crippen molar-refractivity contribution in [3.05, 3.63) is 68.0 Å². The van der Waals surface area contributed by atoms with Crippen molar-refractivity contribution in [2.24, 2.45) is 0 Å². The molecule has 1 aliphatic heterocycles. The second-order valence-corrected chi connectivity index (χ2v) is 8.46. The minimum absolute atomic E-state index is 0.223. The Balaban J connectivity index is 1.42. The Morgan fingerprint density at radius 1 is 1.14 bits per heavy atom. The van der Waals surface area contributed by atoms with Gasteiger partial charge < -0.3 is 4.90 Å². The minimum Gasteiger partial charge on any atom is -0.366 e. The van der Waals surface area contributed by atoms with E-state index in [1.165, 1.54) is 9.69 Å². The maximum atomic E-state index is 12.7. The first-order valence-corrected chi connectivity index (χ1v) is 11.2. The van der Waals surface area contributed by atoms with Crippen LogP contribution in [0.25, 0.3) is 5.69 Å². The lowest BCUT2D eigenvalue weighted by Gasteiger charge is -2.35. The van der Waals surface area contributed by atoms with Gasteiger partial charge >= 0.3 is 0 Å². The Morgan fingerprint density at radius 2 is 1.90 bits per heavy atom. The van der Waals surface area contributed by atoms with Gasteiger partial charge in [-0.05, 0) is 25.0 Å². The van der Waals surface area contributed by atoms with Crippen molar-refractivity contribution in [2.75, 3.05) is 31.1 Å². The molecule has 8 heteroatoms. The number of benzene rings is 1. The summed E-state index contributed by atoms with van der Waals surface area (Å²) in [5.74, 6) is 0. The molecule has 1 fully saturated rings. The number of para-hydroxylation sites is 1. The normalized spacial score (nSPS) is 15.0. The fourth-order valence-electron chi connectivity index (χ4n) is 3.52. The first-order chi connectivity index (χ1) is 14.2. The Hall–Kier alpha value is -2.22. The van der Waals surface area contributed by atoms with Crippen LogP contribution >= 0.6 is 22.9 Å². The van der Waals surface area contributed by atoms with Crippen molar-refractivity contribution in [3.8, 4) is 5.69 Å². The van der Waals surface area contributed by atoms with Crippen LogP contribution in [0.5, 0.6) is 0 Å². The zero-order chi connectivity index (χ0) is 20.2. The number of rotatable bonds is 6. The van der Waals surface area contributed by atoms with Crippen LogP contribution in [0.1, 0.15) is 24.0 Å². The quantitative estimate of drug-likeness (QED) is 0.599. The highest BCUT2D eigenvalue weighted by atomic mass is 35.5. The summed E-state index contributed by atoms with van der Waals surface area (Å²) >= 11 is 8.20. The van der Waals surface area contributed by atoms with Crippen molar-refractivity contribution in [1.29, 1.82) is 0 Å². The molecule has 0 bridgehead atoms. The van der Waals surface area contributed by atoms with Crippen molar-refractivity contribution in [2.45, 2.75) is 26.3 Å². The van der Waals surface area contributed by atoms with Gasteiger partial charge in [-0.2, -0.15) is 9.78 Å². The summed E-state index contributed by atoms with van der Waals surface area (Å²) in [5.41, 5.74) is 2.28. The fraction of sp³-hybridized carbons (Fsp3) is 0.381. The molecular formula is C21H24ClN5OS. The molecule has 0 unspecified atom stereocenters. The Bertz CT molecular complexity index is 1010. The van der Waals surface area contributed by atoms with E-state index in [-0.39, 0.29) is 10.6 Å². The molecule has 29 heavy (non-hydrogen) atoms. The SMILES string of the molecule is CCCc1nc(CN2CCN(c3cnn(-c4ccccc4)c(=O)c3Cl)CC2)cs1. The standard InChI is InChI=1S/C21H24ClN5OS/c1-2-6-19-24-16(15-29-19)14-25-9-11-26(12-10-25)18-13-23-27(21(28)20(18)22)17-7-4-3-5-8-17/h3-5,7-8,13,15H,2,6,9-12,14H2,1H3. The van der Waals surface area contributed by atoms with Gasteiger partial charge in [0.05, 0.1) is 28.3 Å². The third-order valence-electron chi connectivity index (χ3n) is 5.06. The smallest absolute Gasteiger partial charge is 0.292 e. The average molecular weight is 430 g/mol. The summed E-state index contributed by atoms with van der Waals surface area (Å²) in [7, 11) is 0. The van der Waals surface area contributed by atoms with Gasteiger partial charge in [0, 0.05) is 38.1 Å². The molecule has 3 heterocycles. The van der Waals surface area contributed by atoms with E-state index in [0.717, 1.165) is 51.3 Å². The third kappa shape index (κ3) is 4.52. The average Bonchev–Trinajstić information content (AvgIpc) is 3.18. The molecule has 0 atom stereocenters. The number of halogens is 1. The van der Waals surface area contributed by atoms with Crippen molar-refractivity contribution < 1.29 is 0 Å². The first-order valence-electron chi connectivity index (χ1n) is 9.89. The lowest BCUT2D eigenvalue weighted by Crippen LogP contribution is -2.46. The van der Waals surface area contributed by atoms with Crippen LogP contribution in [-0.2, 0) is 13.0 Å². The number of piperazine rings is 1. The number of thiazole rings is 1. The molecule has 1 aliphatic rings. The van der Waals surface area contributed by atoms with Crippen LogP contribution in [-0.4, -0.2) is 45.8 Å². The van der Waals surface area contributed by atoms with Gasteiger partial charge in [-0.15, -0.1) is 11.3 Å². The summed E-state index contributed by atoms with van der Waals surface area (Å²) in [6.45, 7) is 6.47. The van der Waals surface area contributed by atoms with Gasteiger partial charge in [0.25, 0.3) is 5.56 Å². The Morgan fingerprint density at radius 3 is 2.62 bits per heavy atom. The fourth-order valence-corrected chi connectivity index (χ4v) is 4.66. The van der Waals surface area contributed by atoms with E-state index in [1.807, 2.05) is 30.3 Å². The molecule has 152 valence electrons. The highest BCUT2D eigenvalue weighted by molar-refractivity contribution is 7.09. The lowest BCUT2D eigenvalue weighted by atomic mass is 10.2. The Labute approximate surface area is 179 Å². The monoisotopic (exact) mass is 429 g/mol. The van der Waals surface area contributed by atoms with Crippen LogP contribution in [0.4, 0.5) is 5.69 Å². The van der Waals surface area contributed by atoms with Gasteiger partial charge in [-0.25, -0.2) is 4.98 Å². The molecule has 3 aromatic rings. The van der Waals surface area contributed by atoms with Crippen LogP contribution in [0.15, 0.2) is 46.7 Å². The van der Waals surface area contributed by atoms with Crippen molar-refractivity contribution in [1.82, 2.24) is 19.7 Å². The molecule has 1 saturated heterocycles. The molecule has 0 spiro atoms. The van der Waals surface area contributed by atoms with Crippen LogP contribution in [0, 0.1) is 0 Å². The van der Waals surface area contributed by atoms with Crippen LogP contribution in [0.3, 0.4) is 0 Å². The van der Waals surface area contributed by atoms with E-state index in [2.05, 4.69) is 27.2 Å². The Kier molecular flexibility index (Phi) is 6.28. The van der Waals surface area contributed by atoms with Gasteiger partial charge in [-0.3, -0.25) is 9.69 Å². The number of nitrogens with zero attached hydrogens (tertiary/aromatic N) is 5. The highest BCUT2D eigenvalue weighted by Gasteiger charge is 2.22. The zero-order valence-electron chi connectivity index (χ0n) is 16.4. The number of aryl methyl sites for hydroxylation is 1. The number of hydrogen-bond acceptors (Lipinski definition) is 6. The van der Waals surface area contributed by atoms with Gasteiger partial charge in [0.15, 0.2) is 0 Å². The zero-order valence-corrected chi connectivity index (χ0v) is 18.0. The van der Waals surface area contributed by atoms with Gasteiger partial charge in [0.1, 0.15) is 5.02 Å². The summed E-state index contributed by atoms with van der Waals surface area (Å²) in [6, 6.07) is 9.33. The van der Waals surface area contributed by atoms with E-state index in [1.54, 1.807) is 17.5 Å². The predicted molar refractivity (Wildman–Crippen MR) is 118 cm³/mol. The minimum atomic E-state index is -0.288. The lowest BCUT2D eigenvalue weighted by molar-refractivity contribution is 0.247. The molecular weight excluding hydrogens is 406 g/mol. The number of anilines is 1.